The molecule has 108 valence electrons. The van der Waals surface area contributed by atoms with Crippen LogP contribution in [0.25, 0.3) is 5.57 Å². The Bertz CT molecular complexity index is 509. The highest BCUT2D eigenvalue weighted by molar-refractivity contribution is 5.90. The van der Waals surface area contributed by atoms with Crippen molar-refractivity contribution in [3.63, 3.8) is 0 Å². The summed E-state index contributed by atoms with van der Waals surface area (Å²) in [6.45, 7) is 0. The minimum absolute atomic E-state index is 0.216. The summed E-state index contributed by atoms with van der Waals surface area (Å²) in [4.78, 5) is 11.1. The largest absolute Gasteiger partial charge is 0.416 e. The summed E-state index contributed by atoms with van der Waals surface area (Å²) in [6, 6.07) is 4.06. The van der Waals surface area contributed by atoms with E-state index in [-0.39, 0.29) is 11.5 Å². The van der Waals surface area contributed by atoms with E-state index in [9.17, 15) is 18.0 Å². The Kier molecular flexibility index (Phi) is 4.31. The molecule has 1 atom stereocenters. The maximum absolute atomic E-state index is 12.5. The molecule has 1 aliphatic rings. The van der Waals surface area contributed by atoms with Crippen LogP contribution in [0.2, 0.25) is 0 Å². The van der Waals surface area contributed by atoms with E-state index in [1.165, 1.54) is 12.1 Å². The third-order valence-electron chi connectivity index (χ3n) is 3.87. The molecule has 0 radical (unpaired) electrons. The second-order valence-electron chi connectivity index (χ2n) is 5.16. The minimum Gasteiger partial charge on any atom is -0.323 e. The Morgan fingerprint density at radius 2 is 1.75 bits per heavy atom. The van der Waals surface area contributed by atoms with E-state index in [4.69, 9.17) is 5.73 Å². The first-order valence-electron chi connectivity index (χ1n) is 6.61. The Hall–Kier alpha value is -1.58. The van der Waals surface area contributed by atoms with Crippen molar-refractivity contribution in [2.75, 3.05) is 0 Å². The molecule has 1 aromatic rings. The number of alkyl halides is 3. The van der Waals surface area contributed by atoms with Gasteiger partial charge in [0.05, 0.1) is 11.1 Å². The van der Waals surface area contributed by atoms with Crippen molar-refractivity contribution in [2.24, 2.45) is 11.7 Å². The Labute approximate surface area is 115 Å². The van der Waals surface area contributed by atoms with Gasteiger partial charge in [-0.05, 0) is 36.5 Å². The highest BCUT2D eigenvalue weighted by atomic mass is 19.4. The van der Waals surface area contributed by atoms with Gasteiger partial charge in [0, 0.05) is 6.04 Å². The quantitative estimate of drug-likeness (QED) is 0.863. The van der Waals surface area contributed by atoms with Crippen molar-refractivity contribution in [2.45, 2.75) is 37.9 Å². The molecule has 0 heterocycles. The molecule has 2 N–H and O–H groups in total. The van der Waals surface area contributed by atoms with Crippen LogP contribution < -0.4 is 5.73 Å². The van der Waals surface area contributed by atoms with Gasteiger partial charge in [0.15, 0.2) is 0 Å². The average Bonchev–Trinajstić information content (AvgIpc) is 2.93. The van der Waals surface area contributed by atoms with Crippen molar-refractivity contribution >= 4 is 11.5 Å². The molecular formula is C15H16F3NO. The molecular weight excluding hydrogens is 267 g/mol. The fourth-order valence-electron chi connectivity index (χ4n) is 2.71. The maximum Gasteiger partial charge on any atom is 0.416 e. The van der Waals surface area contributed by atoms with E-state index in [1.807, 2.05) is 5.94 Å². The summed E-state index contributed by atoms with van der Waals surface area (Å²) >= 11 is 0. The second-order valence-corrected chi connectivity index (χ2v) is 5.16. The number of hydrogen-bond donors (Lipinski definition) is 1. The smallest absolute Gasteiger partial charge is 0.323 e. The lowest BCUT2D eigenvalue weighted by Gasteiger charge is -2.20. The van der Waals surface area contributed by atoms with E-state index in [0.717, 1.165) is 37.8 Å². The molecule has 0 spiro atoms. The number of halogens is 3. The average molecular weight is 283 g/mol. The fraction of sp³-hybridized carbons (Fsp3) is 0.467. The monoisotopic (exact) mass is 283 g/mol. The van der Waals surface area contributed by atoms with Crippen molar-refractivity contribution in [3.05, 3.63) is 35.4 Å². The second kappa shape index (κ2) is 5.81. The maximum atomic E-state index is 12.5. The molecule has 0 aromatic heterocycles. The zero-order valence-corrected chi connectivity index (χ0v) is 10.9. The first-order chi connectivity index (χ1) is 9.43. The standard InChI is InChI=1S/C15H16F3NO/c16-15(17,18)12-7-5-10(6-8-12)13(9-20)14(19)11-3-1-2-4-11/h5-8,11,14H,1-4,19H2. The Morgan fingerprint density at radius 1 is 1.20 bits per heavy atom. The molecule has 0 amide bonds. The van der Waals surface area contributed by atoms with E-state index >= 15 is 0 Å². The lowest BCUT2D eigenvalue weighted by Crippen LogP contribution is -2.30. The molecule has 1 saturated carbocycles. The van der Waals surface area contributed by atoms with Gasteiger partial charge in [0.2, 0.25) is 0 Å². The lowest BCUT2D eigenvalue weighted by atomic mass is 9.89. The third kappa shape index (κ3) is 3.11. The summed E-state index contributed by atoms with van der Waals surface area (Å²) < 4.78 is 37.5. The van der Waals surface area contributed by atoms with Gasteiger partial charge in [-0.3, -0.25) is 0 Å². The van der Waals surface area contributed by atoms with Crippen molar-refractivity contribution < 1.29 is 18.0 Å². The Morgan fingerprint density at radius 3 is 2.20 bits per heavy atom. The zero-order chi connectivity index (χ0) is 14.8. The summed E-state index contributed by atoms with van der Waals surface area (Å²) in [5.41, 5.74) is 6.03. The minimum atomic E-state index is -4.38. The van der Waals surface area contributed by atoms with Crippen LogP contribution in [0.15, 0.2) is 24.3 Å². The van der Waals surface area contributed by atoms with Crippen LogP contribution in [0, 0.1) is 5.92 Å². The van der Waals surface area contributed by atoms with Crippen LogP contribution in [-0.4, -0.2) is 12.0 Å². The fourth-order valence-corrected chi connectivity index (χ4v) is 2.71. The van der Waals surface area contributed by atoms with Gasteiger partial charge in [-0.1, -0.05) is 25.0 Å². The van der Waals surface area contributed by atoms with Gasteiger partial charge in [-0.25, -0.2) is 4.79 Å². The van der Waals surface area contributed by atoms with Crippen molar-refractivity contribution in [3.8, 4) is 0 Å². The molecule has 2 nitrogen and oxygen atoms in total. The first-order valence-corrected chi connectivity index (χ1v) is 6.61. The molecule has 0 saturated heterocycles. The number of rotatable bonds is 3. The van der Waals surface area contributed by atoms with E-state index in [0.29, 0.717) is 5.56 Å². The van der Waals surface area contributed by atoms with Gasteiger partial charge in [0.25, 0.3) is 0 Å². The summed E-state index contributed by atoms with van der Waals surface area (Å²) in [5, 5.41) is 0. The molecule has 1 aromatic carbocycles. The predicted octanol–water partition coefficient (Wildman–Crippen LogP) is 3.44. The normalized spacial score (nSPS) is 17.8. The topological polar surface area (TPSA) is 43.1 Å². The third-order valence-corrected chi connectivity index (χ3v) is 3.87. The lowest BCUT2D eigenvalue weighted by molar-refractivity contribution is -0.137. The highest BCUT2D eigenvalue weighted by Gasteiger charge is 2.31. The van der Waals surface area contributed by atoms with Crippen LogP contribution >= 0.6 is 0 Å². The SMILES string of the molecule is NC(C(=C=O)c1ccc(C(F)(F)F)cc1)C1CCCC1. The zero-order valence-electron chi connectivity index (χ0n) is 10.9. The molecule has 1 unspecified atom stereocenters. The molecule has 20 heavy (non-hydrogen) atoms. The molecule has 5 heteroatoms. The summed E-state index contributed by atoms with van der Waals surface area (Å²) in [7, 11) is 0. The molecule has 1 fully saturated rings. The van der Waals surface area contributed by atoms with E-state index in [2.05, 4.69) is 0 Å². The summed E-state index contributed by atoms with van der Waals surface area (Å²) in [5.74, 6) is 2.03. The number of hydrogen-bond acceptors (Lipinski definition) is 2. The highest BCUT2D eigenvalue weighted by Crippen LogP contribution is 2.33. The van der Waals surface area contributed by atoms with Gasteiger partial charge < -0.3 is 5.73 Å². The Balaban J connectivity index is 2.22. The van der Waals surface area contributed by atoms with Crippen LogP contribution in [0.4, 0.5) is 13.2 Å². The number of nitrogens with two attached hydrogens (primary N) is 1. The van der Waals surface area contributed by atoms with Gasteiger partial charge >= 0.3 is 6.18 Å². The van der Waals surface area contributed by atoms with Crippen molar-refractivity contribution in [1.82, 2.24) is 0 Å². The van der Waals surface area contributed by atoms with Crippen LogP contribution in [-0.2, 0) is 11.0 Å². The molecule has 2 rings (SSSR count). The molecule has 0 bridgehead atoms. The molecule has 0 aliphatic heterocycles. The van der Waals surface area contributed by atoms with E-state index < -0.39 is 17.8 Å². The molecule has 1 aliphatic carbocycles. The van der Waals surface area contributed by atoms with Crippen LogP contribution in [0.1, 0.15) is 36.8 Å². The van der Waals surface area contributed by atoms with Gasteiger partial charge in [-0.15, -0.1) is 0 Å². The van der Waals surface area contributed by atoms with E-state index in [1.54, 1.807) is 0 Å². The van der Waals surface area contributed by atoms with Crippen LogP contribution in [0.3, 0.4) is 0 Å². The summed E-state index contributed by atoms with van der Waals surface area (Å²) in [6.07, 6.45) is -0.313. The predicted molar refractivity (Wildman–Crippen MR) is 70.5 cm³/mol. The van der Waals surface area contributed by atoms with Crippen LogP contribution in [0.5, 0.6) is 0 Å². The van der Waals surface area contributed by atoms with Crippen molar-refractivity contribution in [1.29, 1.82) is 0 Å². The number of benzene rings is 1. The van der Waals surface area contributed by atoms with Gasteiger partial charge in [0.1, 0.15) is 5.94 Å². The first kappa shape index (κ1) is 14.8. The van der Waals surface area contributed by atoms with Gasteiger partial charge in [-0.2, -0.15) is 13.2 Å². The number of carbonyl (C=O) groups excluding carboxylic acids is 1.